The average Bonchev–Trinajstić information content (AvgIpc) is 2.97. The zero-order valence-corrected chi connectivity index (χ0v) is 16.5. The Balaban J connectivity index is 1.65. The van der Waals surface area contributed by atoms with E-state index < -0.39 is 5.25 Å². The number of amides is 2. The van der Waals surface area contributed by atoms with Gasteiger partial charge in [0.25, 0.3) is 0 Å². The van der Waals surface area contributed by atoms with Gasteiger partial charge in [-0.1, -0.05) is 23.9 Å². The summed E-state index contributed by atoms with van der Waals surface area (Å²) in [6, 6.07) is 13.4. The van der Waals surface area contributed by atoms with E-state index in [-0.39, 0.29) is 29.2 Å². The minimum atomic E-state index is -0.668. The number of benzene rings is 2. The predicted octanol–water partition coefficient (Wildman–Crippen LogP) is 2.50. The van der Waals surface area contributed by atoms with Crippen LogP contribution in [0.2, 0.25) is 0 Å². The number of aromatic hydroxyl groups is 1. The molecule has 2 aromatic carbocycles. The van der Waals surface area contributed by atoms with Crippen molar-refractivity contribution < 1.29 is 19.4 Å². The number of carbonyl (C=O) groups excluding carboxylic acids is 2. The summed E-state index contributed by atoms with van der Waals surface area (Å²) in [7, 11) is 0. The van der Waals surface area contributed by atoms with Gasteiger partial charge in [0.1, 0.15) is 16.7 Å². The van der Waals surface area contributed by atoms with E-state index in [0.717, 1.165) is 16.7 Å². The van der Waals surface area contributed by atoms with Gasteiger partial charge < -0.3 is 15.6 Å². The Bertz CT molecular complexity index is 959. The van der Waals surface area contributed by atoms with Gasteiger partial charge in [0.2, 0.25) is 11.8 Å². The molecule has 29 heavy (non-hydrogen) atoms. The van der Waals surface area contributed by atoms with Crippen LogP contribution >= 0.6 is 11.8 Å². The third-order valence-electron chi connectivity index (χ3n) is 4.06. The monoisotopic (exact) mass is 412 g/mol. The third-order valence-corrected chi connectivity index (χ3v) is 5.04. The van der Waals surface area contributed by atoms with Crippen molar-refractivity contribution in [1.82, 2.24) is 0 Å². The number of thioether (sulfide) groups is 1. The highest BCUT2D eigenvalue weighted by atomic mass is 32.2. The molecule has 9 heteroatoms. The molecule has 1 unspecified atom stereocenters. The van der Waals surface area contributed by atoms with Crippen molar-refractivity contribution in [3.8, 4) is 11.5 Å². The van der Waals surface area contributed by atoms with Crippen molar-refractivity contribution in [3.63, 3.8) is 0 Å². The molecule has 1 fully saturated rings. The van der Waals surface area contributed by atoms with Crippen LogP contribution in [0.1, 0.15) is 18.9 Å². The quantitative estimate of drug-likeness (QED) is 0.326. The Labute approximate surface area is 172 Å². The minimum absolute atomic E-state index is 0.0239. The van der Waals surface area contributed by atoms with Crippen LogP contribution in [0.4, 0.5) is 5.69 Å². The summed E-state index contributed by atoms with van der Waals surface area (Å²) < 4.78 is 5.37. The molecule has 1 saturated heterocycles. The first-order chi connectivity index (χ1) is 14.0. The lowest BCUT2D eigenvalue weighted by molar-refractivity contribution is -0.121. The molecular weight excluding hydrogens is 392 g/mol. The van der Waals surface area contributed by atoms with Crippen LogP contribution in [0.3, 0.4) is 0 Å². The second-order valence-corrected chi connectivity index (χ2v) is 7.27. The molecular formula is C20H20N4O4S. The molecule has 0 radical (unpaired) electrons. The van der Waals surface area contributed by atoms with Gasteiger partial charge in [0.05, 0.1) is 18.5 Å². The average molecular weight is 412 g/mol. The number of carbonyl (C=O) groups is 2. The number of phenols is 1. The van der Waals surface area contributed by atoms with Gasteiger partial charge in [-0.15, -0.1) is 5.10 Å². The Morgan fingerprint density at radius 2 is 2.00 bits per heavy atom. The van der Waals surface area contributed by atoms with E-state index in [0.29, 0.717) is 23.6 Å². The first-order valence-electron chi connectivity index (χ1n) is 8.90. The van der Waals surface area contributed by atoms with Gasteiger partial charge in [-0.25, -0.2) is 4.90 Å². The van der Waals surface area contributed by atoms with Crippen LogP contribution in [-0.2, 0) is 9.59 Å². The zero-order chi connectivity index (χ0) is 20.8. The Morgan fingerprint density at radius 1 is 1.28 bits per heavy atom. The summed E-state index contributed by atoms with van der Waals surface area (Å²) in [5.41, 5.74) is 6.81. The van der Waals surface area contributed by atoms with Gasteiger partial charge in [-0.05, 0) is 43.3 Å². The highest BCUT2D eigenvalue weighted by molar-refractivity contribution is 8.14. The molecule has 1 aliphatic heterocycles. The third kappa shape index (κ3) is 4.94. The topological polar surface area (TPSA) is 118 Å². The van der Waals surface area contributed by atoms with Crippen molar-refractivity contribution in [3.05, 3.63) is 54.1 Å². The largest absolute Gasteiger partial charge is 0.507 e. The second kappa shape index (κ2) is 9.24. The van der Waals surface area contributed by atoms with E-state index in [2.05, 4.69) is 10.2 Å². The van der Waals surface area contributed by atoms with Gasteiger partial charge in [0, 0.05) is 12.0 Å². The first kappa shape index (κ1) is 20.4. The molecule has 0 aliphatic carbocycles. The molecule has 3 N–H and O–H groups in total. The maximum atomic E-state index is 12.7. The van der Waals surface area contributed by atoms with Crippen LogP contribution in [-0.4, -0.2) is 40.2 Å². The van der Waals surface area contributed by atoms with Crippen molar-refractivity contribution >= 4 is 40.6 Å². The van der Waals surface area contributed by atoms with E-state index in [9.17, 15) is 14.7 Å². The fourth-order valence-corrected chi connectivity index (χ4v) is 3.56. The van der Waals surface area contributed by atoms with Crippen molar-refractivity contribution in [2.24, 2.45) is 15.9 Å². The minimum Gasteiger partial charge on any atom is -0.507 e. The van der Waals surface area contributed by atoms with E-state index in [1.807, 2.05) is 6.92 Å². The standard InChI is InChI=1S/C20H20N4O4S/c1-2-28-15-9-7-14(8-10-15)24-18(26)11-17(19(24)27)29-20(21)23-22-12-13-5-3-4-6-16(13)25/h3-10,12,17,25H,2,11H2,1H3,(H2,21,23)/b22-12+. The normalized spacial score (nSPS) is 17.3. The van der Waals surface area contributed by atoms with E-state index in [4.69, 9.17) is 10.5 Å². The van der Waals surface area contributed by atoms with Crippen LogP contribution in [0.25, 0.3) is 0 Å². The lowest BCUT2D eigenvalue weighted by Gasteiger charge is -2.15. The molecule has 150 valence electrons. The number of nitrogens with zero attached hydrogens (tertiary/aromatic N) is 3. The number of anilines is 1. The number of nitrogens with two attached hydrogens (primary N) is 1. The molecule has 1 aliphatic rings. The first-order valence-corrected chi connectivity index (χ1v) is 9.78. The molecule has 0 bridgehead atoms. The maximum Gasteiger partial charge on any atom is 0.247 e. The van der Waals surface area contributed by atoms with Crippen LogP contribution in [0, 0.1) is 0 Å². The fourth-order valence-electron chi connectivity index (χ4n) is 2.74. The molecule has 0 spiro atoms. The highest BCUT2D eigenvalue weighted by Crippen LogP contribution is 2.30. The van der Waals surface area contributed by atoms with Gasteiger partial charge >= 0.3 is 0 Å². The molecule has 2 aromatic rings. The number of para-hydroxylation sites is 1. The second-order valence-electron chi connectivity index (χ2n) is 6.05. The molecule has 0 saturated carbocycles. The molecule has 1 atom stereocenters. The van der Waals surface area contributed by atoms with E-state index >= 15 is 0 Å². The van der Waals surface area contributed by atoms with E-state index in [1.54, 1.807) is 42.5 Å². The summed E-state index contributed by atoms with van der Waals surface area (Å²) in [6.07, 6.45) is 1.38. The Morgan fingerprint density at radius 3 is 2.69 bits per heavy atom. The SMILES string of the molecule is CCOc1ccc(N2C(=O)CC(S/C(N)=N/N=C/c3ccccc3O)C2=O)cc1. The molecule has 2 amide bonds. The van der Waals surface area contributed by atoms with Gasteiger partial charge in [-0.3, -0.25) is 9.59 Å². The summed E-state index contributed by atoms with van der Waals surface area (Å²) in [5.74, 6) is 0.0781. The lowest BCUT2D eigenvalue weighted by Crippen LogP contribution is -2.31. The number of imide groups is 1. The summed E-state index contributed by atoms with van der Waals surface area (Å²) in [5, 5.41) is 16.7. The van der Waals surface area contributed by atoms with Gasteiger partial charge in [0.15, 0.2) is 5.17 Å². The Kier molecular flexibility index (Phi) is 6.50. The molecule has 8 nitrogen and oxygen atoms in total. The highest BCUT2D eigenvalue weighted by Gasteiger charge is 2.40. The smallest absolute Gasteiger partial charge is 0.247 e. The lowest BCUT2D eigenvalue weighted by atomic mass is 10.2. The van der Waals surface area contributed by atoms with Crippen molar-refractivity contribution in [1.29, 1.82) is 0 Å². The number of ether oxygens (including phenoxy) is 1. The number of hydrogen-bond donors (Lipinski definition) is 2. The van der Waals surface area contributed by atoms with Crippen LogP contribution < -0.4 is 15.4 Å². The number of amidine groups is 1. The molecule has 3 rings (SSSR count). The maximum absolute atomic E-state index is 12.7. The van der Waals surface area contributed by atoms with Crippen LogP contribution in [0.5, 0.6) is 11.5 Å². The van der Waals surface area contributed by atoms with Crippen molar-refractivity contribution in [2.45, 2.75) is 18.6 Å². The fraction of sp³-hybridized carbons (Fsp3) is 0.200. The Hall–Kier alpha value is -3.33. The van der Waals surface area contributed by atoms with Crippen LogP contribution in [0.15, 0.2) is 58.7 Å². The summed E-state index contributed by atoms with van der Waals surface area (Å²) >= 11 is 0.983. The summed E-state index contributed by atoms with van der Waals surface area (Å²) in [4.78, 5) is 26.2. The number of phenolic OH excluding ortho intramolecular Hbond substituents is 1. The van der Waals surface area contributed by atoms with Gasteiger partial charge in [-0.2, -0.15) is 5.10 Å². The number of hydrogen-bond acceptors (Lipinski definition) is 7. The summed E-state index contributed by atoms with van der Waals surface area (Å²) in [6.45, 7) is 2.41. The number of rotatable bonds is 6. The molecule has 1 heterocycles. The predicted molar refractivity (Wildman–Crippen MR) is 113 cm³/mol. The molecule has 0 aromatic heterocycles. The van der Waals surface area contributed by atoms with E-state index in [1.165, 1.54) is 12.3 Å². The van der Waals surface area contributed by atoms with Crippen molar-refractivity contribution in [2.75, 3.05) is 11.5 Å². The zero-order valence-electron chi connectivity index (χ0n) is 15.7.